The molecule has 8 nitrogen and oxygen atoms in total. The number of rotatable bonds is 7. The fourth-order valence-electron chi connectivity index (χ4n) is 2.41. The molecule has 0 saturated carbocycles. The van der Waals surface area contributed by atoms with Gasteiger partial charge in [-0.2, -0.15) is 13.2 Å². The van der Waals surface area contributed by atoms with Crippen molar-refractivity contribution in [1.29, 1.82) is 5.41 Å². The maximum atomic E-state index is 12.8. The van der Waals surface area contributed by atoms with E-state index in [-0.39, 0.29) is 29.0 Å². The van der Waals surface area contributed by atoms with E-state index in [0.717, 1.165) is 24.3 Å². The van der Waals surface area contributed by atoms with Gasteiger partial charge in [-0.25, -0.2) is 4.79 Å². The van der Waals surface area contributed by atoms with Crippen LogP contribution in [0.5, 0.6) is 0 Å². The first-order chi connectivity index (χ1) is 14.5. The zero-order valence-electron chi connectivity index (χ0n) is 15.8. The highest BCUT2D eigenvalue weighted by Gasteiger charge is 2.31. The molecule has 6 N–H and O–H groups in total. The van der Waals surface area contributed by atoms with Gasteiger partial charge in [0.2, 0.25) is 5.91 Å². The number of hydrogen-bond donors (Lipinski definition) is 5. The molecule has 0 heterocycles. The Bertz CT molecular complexity index is 1060. The van der Waals surface area contributed by atoms with Crippen molar-refractivity contribution in [2.75, 3.05) is 11.1 Å². The molecule has 0 fully saturated rings. The molecule has 0 aliphatic carbocycles. The summed E-state index contributed by atoms with van der Waals surface area (Å²) < 4.78 is 38.4. The third-order valence-electron chi connectivity index (χ3n) is 3.82. The first-order valence-electron chi connectivity index (χ1n) is 8.61. The van der Waals surface area contributed by atoms with E-state index in [0.29, 0.717) is 0 Å². The lowest BCUT2D eigenvalue weighted by molar-refractivity contribution is -0.137. The number of aromatic carboxylic acids is 1. The summed E-state index contributed by atoms with van der Waals surface area (Å²) in [6.07, 6.45) is -2.81. The van der Waals surface area contributed by atoms with Gasteiger partial charge in [-0.1, -0.05) is 6.07 Å². The van der Waals surface area contributed by atoms with E-state index in [2.05, 4.69) is 10.6 Å². The van der Waals surface area contributed by atoms with Gasteiger partial charge in [-0.15, -0.1) is 0 Å². The zero-order chi connectivity index (χ0) is 23.2. The normalized spacial score (nSPS) is 11.2. The molecule has 0 radical (unpaired) electrons. The van der Waals surface area contributed by atoms with Gasteiger partial charge in [0.25, 0.3) is 5.91 Å². The minimum Gasteiger partial charge on any atom is -0.478 e. The van der Waals surface area contributed by atoms with E-state index in [1.165, 1.54) is 30.3 Å². The Morgan fingerprint density at radius 3 is 2.45 bits per heavy atom. The number of hydrogen-bond acceptors (Lipinski definition) is 5. The summed E-state index contributed by atoms with van der Waals surface area (Å²) >= 11 is 0. The van der Waals surface area contributed by atoms with Crippen LogP contribution < -0.4 is 16.4 Å². The Morgan fingerprint density at radius 1 is 1.10 bits per heavy atom. The van der Waals surface area contributed by atoms with Gasteiger partial charge in [0.05, 0.1) is 11.1 Å². The largest absolute Gasteiger partial charge is 0.478 e. The average Bonchev–Trinajstić information content (AvgIpc) is 2.69. The molecule has 2 aromatic carbocycles. The van der Waals surface area contributed by atoms with Gasteiger partial charge in [0.15, 0.2) is 0 Å². The fraction of sp³-hybridized carbons (Fsp3) is 0.100. The van der Waals surface area contributed by atoms with Crippen molar-refractivity contribution >= 4 is 34.9 Å². The van der Waals surface area contributed by atoms with Crippen molar-refractivity contribution in [3.05, 3.63) is 71.3 Å². The summed E-state index contributed by atoms with van der Waals surface area (Å²) in [6, 6.07) is 8.30. The lowest BCUT2D eigenvalue weighted by Gasteiger charge is -2.11. The topological polar surface area (TPSA) is 145 Å². The Morgan fingerprint density at radius 2 is 1.81 bits per heavy atom. The second-order valence-electron chi connectivity index (χ2n) is 6.27. The van der Waals surface area contributed by atoms with Gasteiger partial charge in [0, 0.05) is 24.0 Å². The highest BCUT2D eigenvalue weighted by molar-refractivity contribution is 6.42. The van der Waals surface area contributed by atoms with Gasteiger partial charge in [-0.3, -0.25) is 15.0 Å². The van der Waals surface area contributed by atoms with Crippen LogP contribution in [0.15, 0.2) is 54.6 Å². The molecular weight excluding hydrogens is 417 g/mol. The van der Waals surface area contributed by atoms with Crippen molar-refractivity contribution in [1.82, 2.24) is 5.32 Å². The second-order valence-corrected chi connectivity index (χ2v) is 6.27. The fourth-order valence-corrected chi connectivity index (χ4v) is 2.41. The molecule has 0 aromatic heterocycles. The number of nitrogen functional groups attached to an aromatic ring is 1. The molecule has 0 saturated heterocycles. The Labute approximate surface area is 174 Å². The van der Waals surface area contributed by atoms with Crippen LogP contribution in [-0.4, -0.2) is 28.6 Å². The number of carboxylic acids is 1. The first-order valence-corrected chi connectivity index (χ1v) is 8.61. The van der Waals surface area contributed by atoms with Crippen LogP contribution in [0.4, 0.5) is 24.5 Å². The zero-order valence-corrected chi connectivity index (χ0v) is 15.8. The minimum absolute atomic E-state index is 0.0378. The Hall–Kier alpha value is -4.15. The maximum absolute atomic E-state index is 12.8. The van der Waals surface area contributed by atoms with E-state index >= 15 is 0 Å². The minimum atomic E-state index is -4.60. The number of alkyl halides is 3. The van der Waals surface area contributed by atoms with Crippen molar-refractivity contribution in [3.8, 4) is 0 Å². The second kappa shape index (κ2) is 9.57. The summed E-state index contributed by atoms with van der Waals surface area (Å²) in [6.45, 7) is -0.308. The van der Waals surface area contributed by atoms with Crippen LogP contribution in [0.3, 0.4) is 0 Å². The first kappa shape index (κ1) is 23.1. The monoisotopic (exact) mass is 434 g/mol. The summed E-state index contributed by atoms with van der Waals surface area (Å²) in [5.74, 6) is -2.81. The van der Waals surface area contributed by atoms with Crippen molar-refractivity contribution < 1.29 is 32.7 Å². The number of amides is 2. The molecule has 0 spiro atoms. The lowest BCUT2D eigenvalue weighted by atomic mass is 10.1. The summed E-state index contributed by atoms with van der Waals surface area (Å²) in [4.78, 5) is 34.7. The molecule has 0 atom stereocenters. The van der Waals surface area contributed by atoms with Gasteiger partial charge in [0.1, 0.15) is 5.71 Å². The van der Waals surface area contributed by atoms with Crippen molar-refractivity contribution in [3.63, 3.8) is 0 Å². The van der Waals surface area contributed by atoms with Crippen LogP contribution in [0.1, 0.15) is 21.5 Å². The number of carbonyl (C=O) groups is 3. The van der Waals surface area contributed by atoms with Crippen LogP contribution in [0, 0.1) is 5.41 Å². The molecule has 31 heavy (non-hydrogen) atoms. The third kappa shape index (κ3) is 6.99. The van der Waals surface area contributed by atoms with E-state index in [1.54, 1.807) is 0 Å². The Kier molecular flexibility index (Phi) is 7.14. The molecule has 0 aliphatic rings. The maximum Gasteiger partial charge on any atom is 0.416 e. The summed E-state index contributed by atoms with van der Waals surface area (Å²) in [5, 5.41) is 21.2. The lowest BCUT2D eigenvalue weighted by Crippen LogP contribution is -2.29. The Balaban J connectivity index is 1.94. The molecule has 0 bridgehead atoms. The molecule has 162 valence electrons. The molecule has 11 heteroatoms. The van der Waals surface area contributed by atoms with Crippen LogP contribution in [0.25, 0.3) is 0 Å². The van der Waals surface area contributed by atoms with Crippen molar-refractivity contribution in [2.45, 2.75) is 12.7 Å². The number of carboxylic acid groups (broad SMARTS) is 1. The van der Waals surface area contributed by atoms with E-state index in [4.69, 9.17) is 16.2 Å². The van der Waals surface area contributed by atoms with Crippen LogP contribution >= 0.6 is 0 Å². The highest BCUT2D eigenvalue weighted by atomic mass is 19.4. The molecule has 2 rings (SSSR count). The standard InChI is InChI=1S/C20H17F3N4O4/c21-20(22,23)13-6-11(7-14(24)9-13)10-26-18(29)16(25)4-5-17(28)27-15-3-1-2-12(8-15)19(30)31/h1-9,25H,10,24H2,(H,26,29)(H,27,28)(H,30,31)/b5-4-,25-16?. The van der Waals surface area contributed by atoms with E-state index < -0.39 is 35.2 Å². The third-order valence-corrected chi connectivity index (χ3v) is 3.82. The van der Waals surface area contributed by atoms with Crippen LogP contribution in [-0.2, 0) is 22.3 Å². The average molecular weight is 434 g/mol. The van der Waals surface area contributed by atoms with Crippen LogP contribution in [0.2, 0.25) is 0 Å². The highest BCUT2D eigenvalue weighted by Crippen LogP contribution is 2.31. The number of carbonyl (C=O) groups excluding carboxylic acids is 2. The molecule has 2 aromatic rings. The predicted molar refractivity (Wildman–Crippen MR) is 107 cm³/mol. The number of halogens is 3. The molecule has 0 aliphatic heterocycles. The summed E-state index contributed by atoms with van der Waals surface area (Å²) in [7, 11) is 0. The van der Waals surface area contributed by atoms with Crippen molar-refractivity contribution in [2.24, 2.45) is 0 Å². The van der Waals surface area contributed by atoms with Gasteiger partial charge >= 0.3 is 12.1 Å². The smallest absolute Gasteiger partial charge is 0.416 e. The quantitative estimate of drug-likeness (QED) is 0.258. The molecule has 0 unspecified atom stereocenters. The summed E-state index contributed by atoms with van der Waals surface area (Å²) in [5.41, 5.74) is 4.00. The van der Waals surface area contributed by atoms with E-state index in [1.807, 2.05) is 0 Å². The van der Waals surface area contributed by atoms with E-state index in [9.17, 15) is 27.6 Å². The number of benzene rings is 2. The number of anilines is 2. The number of nitrogens with two attached hydrogens (primary N) is 1. The van der Waals surface area contributed by atoms with Gasteiger partial charge in [-0.05, 0) is 48.0 Å². The predicted octanol–water partition coefficient (Wildman–Crippen LogP) is 2.82. The SMILES string of the molecule is N=C(/C=C\C(=O)Nc1cccc(C(=O)O)c1)C(=O)NCc1cc(N)cc(C(F)(F)F)c1. The molecular formula is C20H17F3N4O4. The number of nitrogens with one attached hydrogen (secondary N) is 3. The van der Waals surface area contributed by atoms with Gasteiger partial charge < -0.3 is 21.5 Å². The molecule has 2 amide bonds.